The van der Waals surface area contributed by atoms with Crippen LogP contribution in [-0.4, -0.2) is 78.9 Å². The first-order valence-corrected chi connectivity index (χ1v) is 11.6. The lowest BCUT2D eigenvalue weighted by Crippen LogP contribution is -2.52. The predicted octanol–water partition coefficient (Wildman–Crippen LogP) is 2.10. The number of carbonyl (C=O) groups is 3. The van der Waals surface area contributed by atoms with Crippen LogP contribution in [0.4, 0.5) is 10.1 Å². The minimum Gasteiger partial charge on any atom is -0.507 e. The number of aliphatic hydroxyl groups excluding tert-OH is 1. The molecule has 1 unspecified atom stereocenters. The molecule has 9 heteroatoms. The Balaban J connectivity index is 1.63. The van der Waals surface area contributed by atoms with Crippen molar-refractivity contribution in [1.29, 1.82) is 0 Å². The van der Waals surface area contributed by atoms with Gasteiger partial charge in [-0.2, -0.15) is 0 Å². The number of aliphatic hydroxyl groups is 1. The van der Waals surface area contributed by atoms with Crippen LogP contribution in [0.5, 0.6) is 0 Å². The summed E-state index contributed by atoms with van der Waals surface area (Å²) >= 11 is 0. The minimum absolute atomic E-state index is 0.149. The van der Waals surface area contributed by atoms with Crippen LogP contribution in [0.2, 0.25) is 0 Å². The number of likely N-dealkylation sites (tertiary alicyclic amines) is 1. The number of rotatable bonds is 5. The van der Waals surface area contributed by atoms with Gasteiger partial charge in [0.1, 0.15) is 11.6 Å². The van der Waals surface area contributed by atoms with Crippen molar-refractivity contribution in [1.82, 2.24) is 9.80 Å². The van der Waals surface area contributed by atoms with Crippen LogP contribution in [0.3, 0.4) is 0 Å². The SMILES string of the molecule is CN1C(=O)C2(/C(=C(\O)c3ccc(F)cc3)C(=O)C(=O)N2CCCN2CCOCC2)c2ccccc21. The van der Waals surface area contributed by atoms with Gasteiger partial charge in [-0.05, 0) is 36.8 Å². The lowest BCUT2D eigenvalue weighted by Gasteiger charge is -2.35. The second-order valence-electron chi connectivity index (χ2n) is 8.92. The van der Waals surface area contributed by atoms with Gasteiger partial charge in [0, 0.05) is 50.0 Å². The van der Waals surface area contributed by atoms with Gasteiger partial charge in [-0.25, -0.2) is 4.39 Å². The number of ether oxygens (including phenoxy) is 1. The number of nitrogens with zero attached hydrogens (tertiary/aromatic N) is 3. The zero-order chi connectivity index (χ0) is 24.7. The monoisotopic (exact) mass is 479 g/mol. The Morgan fingerprint density at radius 3 is 2.43 bits per heavy atom. The van der Waals surface area contributed by atoms with E-state index in [1.807, 2.05) is 0 Å². The van der Waals surface area contributed by atoms with Gasteiger partial charge < -0.3 is 19.6 Å². The molecule has 0 radical (unpaired) electrons. The standard InChI is InChI=1S/C26H26FN3O5/c1-28-20-6-3-2-5-19(20)26(25(28)34)21(22(31)17-7-9-18(27)10-8-17)23(32)24(33)30(26)12-4-11-29-13-15-35-16-14-29/h2-3,5-10,31H,4,11-16H2,1H3/b22-21-. The molecule has 2 aromatic rings. The average Bonchev–Trinajstić information content (AvgIpc) is 3.23. The smallest absolute Gasteiger partial charge is 0.296 e. The lowest BCUT2D eigenvalue weighted by molar-refractivity contribution is -0.143. The number of amides is 2. The van der Waals surface area contributed by atoms with Crippen LogP contribution in [-0.2, 0) is 24.7 Å². The Kier molecular flexibility index (Phi) is 5.90. The maximum Gasteiger partial charge on any atom is 0.296 e. The fraction of sp³-hybridized carbons (Fsp3) is 0.346. The second-order valence-corrected chi connectivity index (χ2v) is 8.92. The quantitative estimate of drug-likeness (QED) is 0.401. The molecule has 3 aliphatic rings. The van der Waals surface area contributed by atoms with Crippen molar-refractivity contribution in [3.8, 4) is 0 Å². The lowest BCUT2D eigenvalue weighted by atomic mass is 9.82. The molecule has 1 N–H and O–H groups in total. The molecule has 8 nitrogen and oxygen atoms in total. The first-order valence-electron chi connectivity index (χ1n) is 11.6. The summed E-state index contributed by atoms with van der Waals surface area (Å²) in [5.41, 5.74) is -0.910. The molecule has 3 aliphatic heterocycles. The number of para-hydroxylation sites is 1. The normalized spacial score (nSPS) is 24.0. The van der Waals surface area contributed by atoms with E-state index in [1.54, 1.807) is 31.3 Å². The molecule has 3 heterocycles. The van der Waals surface area contributed by atoms with Crippen LogP contribution in [0, 0.1) is 5.82 Å². The highest BCUT2D eigenvalue weighted by molar-refractivity contribution is 6.50. The molecular weight excluding hydrogens is 453 g/mol. The molecule has 0 bridgehead atoms. The highest BCUT2D eigenvalue weighted by Crippen LogP contribution is 2.53. The second kappa shape index (κ2) is 8.90. The third-order valence-electron chi connectivity index (χ3n) is 7.02. The van der Waals surface area contributed by atoms with Crippen LogP contribution >= 0.6 is 0 Å². The Hall–Kier alpha value is -3.56. The van der Waals surface area contributed by atoms with E-state index < -0.39 is 34.7 Å². The number of carbonyl (C=O) groups excluding carboxylic acids is 3. The van der Waals surface area contributed by atoms with Crippen molar-refractivity contribution >= 4 is 29.0 Å². The zero-order valence-electron chi connectivity index (χ0n) is 19.4. The van der Waals surface area contributed by atoms with Gasteiger partial charge in [-0.1, -0.05) is 18.2 Å². The van der Waals surface area contributed by atoms with Crippen molar-refractivity contribution < 1.29 is 28.6 Å². The van der Waals surface area contributed by atoms with E-state index >= 15 is 0 Å². The number of hydrogen-bond donors (Lipinski definition) is 1. The molecule has 1 spiro atoms. The Morgan fingerprint density at radius 2 is 1.71 bits per heavy atom. The minimum atomic E-state index is -1.79. The van der Waals surface area contributed by atoms with E-state index in [1.165, 1.54) is 21.9 Å². The predicted molar refractivity (Wildman–Crippen MR) is 126 cm³/mol. The largest absolute Gasteiger partial charge is 0.507 e. The summed E-state index contributed by atoms with van der Waals surface area (Å²) in [5.74, 6) is -3.28. The van der Waals surface area contributed by atoms with Crippen molar-refractivity contribution in [2.45, 2.75) is 12.0 Å². The van der Waals surface area contributed by atoms with Gasteiger partial charge in [0.2, 0.25) is 0 Å². The van der Waals surface area contributed by atoms with Gasteiger partial charge in [0.15, 0.2) is 5.54 Å². The van der Waals surface area contributed by atoms with E-state index in [0.717, 1.165) is 25.2 Å². The van der Waals surface area contributed by atoms with Crippen molar-refractivity contribution in [3.05, 3.63) is 71.0 Å². The van der Waals surface area contributed by atoms with E-state index in [4.69, 9.17) is 4.74 Å². The van der Waals surface area contributed by atoms with Crippen molar-refractivity contribution in [2.75, 3.05) is 51.3 Å². The first kappa shape index (κ1) is 23.2. The average molecular weight is 480 g/mol. The molecule has 2 fully saturated rings. The van der Waals surface area contributed by atoms with Crippen LogP contribution in [0.1, 0.15) is 17.5 Å². The summed E-state index contributed by atoms with van der Waals surface area (Å²) in [6.45, 7) is 3.65. The molecule has 2 saturated heterocycles. The molecule has 0 aliphatic carbocycles. The summed E-state index contributed by atoms with van der Waals surface area (Å²) in [5, 5.41) is 11.3. The van der Waals surface area contributed by atoms with Gasteiger partial charge in [-0.15, -0.1) is 0 Å². The molecule has 1 atom stereocenters. The maximum atomic E-state index is 13.9. The number of halogens is 1. The number of hydrogen-bond acceptors (Lipinski definition) is 6. The van der Waals surface area contributed by atoms with Gasteiger partial charge in [0.05, 0.1) is 18.8 Å². The first-order chi connectivity index (χ1) is 16.9. The molecule has 182 valence electrons. The number of Topliss-reactive ketones (excluding diaryl/α,β-unsaturated/α-hetero) is 1. The number of ketones is 1. The number of morpholine rings is 1. The summed E-state index contributed by atoms with van der Waals surface area (Å²) in [6.07, 6.45) is 0.532. The number of likely N-dealkylation sites (N-methyl/N-ethyl adjacent to an activating group) is 1. The Bertz CT molecular complexity index is 1220. The third kappa shape index (κ3) is 3.54. The molecule has 0 aromatic heterocycles. The summed E-state index contributed by atoms with van der Waals surface area (Å²) in [6, 6.07) is 11.9. The van der Waals surface area contributed by atoms with Crippen LogP contribution in [0.15, 0.2) is 54.1 Å². The summed E-state index contributed by atoms with van der Waals surface area (Å²) in [7, 11) is 1.58. The Morgan fingerprint density at radius 1 is 1.03 bits per heavy atom. The fourth-order valence-corrected chi connectivity index (χ4v) is 5.30. The van der Waals surface area contributed by atoms with Crippen LogP contribution in [0.25, 0.3) is 5.76 Å². The highest BCUT2D eigenvalue weighted by atomic mass is 19.1. The molecular formula is C26H26FN3O5. The number of anilines is 1. The molecule has 2 amide bonds. The van der Waals surface area contributed by atoms with E-state index in [9.17, 15) is 23.9 Å². The third-order valence-corrected chi connectivity index (χ3v) is 7.02. The van der Waals surface area contributed by atoms with E-state index in [2.05, 4.69) is 4.90 Å². The van der Waals surface area contributed by atoms with E-state index in [0.29, 0.717) is 37.4 Å². The maximum absolute atomic E-state index is 13.9. The molecule has 5 rings (SSSR count). The van der Waals surface area contributed by atoms with Crippen molar-refractivity contribution in [2.24, 2.45) is 0 Å². The zero-order valence-corrected chi connectivity index (χ0v) is 19.4. The molecule has 35 heavy (non-hydrogen) atoms. The summed E-state index contributed by atoms with van der Waals surface area (Å²) in [4.78, 5) is 45.6. The highest BCUT2D eigenvalue weighted by Gasteiger charge is 2.66. The summed E-state index contributed by atoms with van der Waals surface area (Å²) < 4.78 is 18.9. The number of fused-ring (bicyclic) bond motifs is 2. The van der Waals surface area contributed by atoms with E-state index in [-0.39, 0.29) is 17.7 Å². The molecule has 2 aromatic carbocycles. The van der Waals surface area contributed by atoms with Gasteiger partial charge >= 0.3 is 0 Å². The molecule has 0 saturated carbocycles. The fourth-order valence-electron chi connectivity index (χ4n) is 5.30. The number of benzene rings is 2. The topological polar surface area (TPSA) is 90.4 Å². The van der Waals surface area contributed by atoms with Gasteiger partial charge in [-0.3, -0.25) is 19.3 Å². The van der Waals surface area contributed by atoms with Crippen molar-refractivity contribution in [3.63, 3.8) is 0 Å². The van der Waals surface area contributed by atoms with Gasteiger partial charge in [0.25, 0.3) is 17.6 Å². The van der Waals surface area contributed by atoms with Crippen LogP contribution < -0.4 is 4.90 Å². The Labute approximate surface area is 202 Å².